The Morgan fingerprint density at radius 1 is 0.397 bits per heavy atom. The third-order valence-corrected chi connectivity index (χ3v) is 13.2. The van der Waals surface area contributed by atoms with Crippen LogP contribution in [0.3, 0.4) is 0 Å². The number of ether oxygens (including phenoxy) is 8. The SMILES string of the molecule is COCCOCOc1c(-c2ccccc2O[C@@H](C)C[C@H](C)Oc2ccccc2-c2cc(C)cc(-n3c4ccccc4c4ccccc43)c2OCOCCOC)cc(C)cc1-n1c2ccccc2c2ccccc21. The Balaban J connectivity index is 0.966. The summed E-state index contributed by atoms with van der Waals surface area (Å²) in [5.74, 6) is 2.85. The van der Waals surface area contributed by atoms with Gasteiger partial charge in [0.1, 0.15) is 11.5 Å². The quantitative estimate of drug-likeness (QED) is 0.0491. The highest BCUT2D eigenvalue weighted by Gasteiger charge is 2.25. The van der Waals surface area contributed by atoms with Crippen LogP contribution >= 0.6 is 0 Å². The van der Waals surface area contributed by atoms with Gasteiger partial charge in [-0.25, -0.2) is 0 Å². The van der Waals surface area contributed by atoms with Gasteiger partial charge >= 0.3 is 0 Å². The number of methoxy groups -OCH3 is 2. The number of nitrogens with zero attached hydrogens (tertiary/aromatic N) is 2. The minimum Gasteiger partial charge on any atom is -0.490 e. The summed E-state index contributed by atoms with van der Waals surface area (Å²) in [6, 6.07) is 59.1. The van der Waals surface area contributed by atoms with E-state index in [-0.39, 0.29) is 25.8 Å². The molecule has 0 N–H and O–H groups in total. The van der Waals surface area contributed by atoms with Crippen molar-refractivity contribution in [3.63, 3.8) is 0 Å². The number of aromatic nitrogens is 2. The van der Waals surface area contributed by atoms with E-state index in [0.29, 0.717) is 44.3 Å². The molecule has 73 heavy (non-hydrogen) atoms. The number of aryl methyl sites for hydroxylation is 2. The van der Waals surface area contributed by atoms with Crippen LogP contribution in [0.25, 0.3) is 77.2 Å². The second-order valence-corrected chi connectivity index (χ2v) is 18.5. The van der Waals surface area contributed by atoms with E-state index in [4.69, 9.17) is 37.9 Å². The minimum absolute atomic E-state index is 0.0408. The van der Waals surface area contributed by atoms with Crippen molar-refractivity contribution in [2.45, 2.75) is 46.3 Å². The average molecular weight is 975 g/mol. The van der Waals surface area contributed by atoms with Crippen molar-refractivity contribution in [2.75, 3.05) is 54.2 Å². The number of benzene rings is 8. The van der Waals surface area contributed by atoms with Gasteiger partial charge in [-0.3, -0.25) is 0 Å². The second kappa shape index (κ2) is 22.4. The number of hydrogen-bond acceptors (Lipinski definition) is 8. The maximum absolute atomic E-state index is 6.95. The van der Waals surface area contributed by atoms with Gasteiger partial charge in [0.2, 0.25) is 0 Å². The monoisotopic (exact) mass is 974 g/mol. The smallest absolute Gasteiger partial charge is 0.189 e. The van der Waals surface area contributed by atoms with Crippen molar-refractivity contribution in [2.24, 2.45) is 0 Å². The lowest BCUT2D eigenvalue weighted by Gasteiger charge is -2.25. The molecule has 10 rings (SSSR count). The van der Waals surface area contributed by atoms with Crippen LogP contribution in [0.1, 0.15) is 31.4 Å². The molecule has 0 spiro atoms. The highest BCUT2D eigenvalue weighted by Crippen LogP contribution is 2.46. The minimum atomic E-state index is -0.240. The molecule has 0 aliphatic carbocycles. The first kappa shape index (κ1) is 49.0. The number of hydrogen-bond donors (Lipinski definition) is 0. The molecule has 8 aromatic carbocycles. The predicted molar refractivity (Wildman–Crippen MR) is 293 cm³/mol. The van der Waals surface area contributed by atoms with E-state index in [2.05, 4.69) is 170 Å². The van der Waals surface area contributed by atoms with Gasteiger partial charge in [0.25, 0.3) is 0 Å². The summed E-state index contributed by atoms with van der Waals surface area (Å²) in [5, 5.41) is 4.67. The lowest BCUT2D eigenvalue weighted by atomic mass is 9.99. The summed E-state index contributed by atoms with van der Waals surface area (Å²) in [6.45, 7) is 10.2. The van der Waals surface area contributed by atoms with Gasteiger partial charge in [-0.1, -0.05) is 109 Å². The fourth-order valence-electron chi connectivity index (χ4n) is 10.1. The van der Waals surface area contributed by atoms with Gasteiger partial charge in [0.15, 0.2) is 25.1 Å². The van der Waals surface area contributed by atoms with Crippen molar-refractivity contribution in [1.29, 1.82) is 0 Å². The highest BCUT2D eigenvalue weighted by molar-refractivity contribution is 6.10. The third kappa shape index (κ3) is 10.3. The Morgan fingerprint density at radius 3 is 1.11 bits per heavy atom. The molecule has 0 fully saturated rings. The zero-order chi connectivity index (χ0) is 50.3. The molecule has 2 aromatic heterocycles. The van der Waals surface area contributed by atoms with Crippen LogP contribution in [-0.2, 0) is 18.9 Å². The Hall–Kier alpha value is -7.60. The molecule has 0 bridgehead atoms. The zero-order valence-corrected chi connectivity index (χ0v) is 42.4. The average Bonchev–Trinajstić information content (AvgIpc) is 3.92. The van der Waals surface area contributed by atoms with Gasteiger partial charge in [-0.15, -0.1) is 0 Å². The maximum Gasteiger partial charge on any atom is 0.189 e. The van der Waals surface area contributed by atoms with E-state index in [1.807, 2.05) is 36.4 Å². The van der Waals surface area contributed by atoms with Crippen molar-refractivity contribution in [3.05, 3.63) is 181 Å². The summed E-state index contributed by atoms with van der Waals surface area (Å²) in [5.41, 5.74) is 11.9. The molecule has 0 saturated carbocycles. The Bertz CT molecular complexity index is 3180. The number of para-hydroxylation sites is 6. The Kier molecular flexibility index (Phi) is 15.1. The summed E-state index contributed by atoms with van der Waals surface area (Å²) in [7, 11) is 3.33. The summed E-state index contributed by atoms with van der Waals surface area (Å²) in [4.78, 5) is 0. The first-order chi connectivity index (χ1) is 35.8. The van der Waals surface area contributed by atoms with Gasteiger partial charge in [-0.2, -0.15) is 0 Å². The standard InChI is InChI=1S/C63H62N2O8/c1-42-35-52(62(70-40-68-33-31-66-5)58(37-42)64-54-25-13-7-19-46(54)47-20-8-14-26-55(47)64)50-23-11-17-29-60(50)72-44(3)39-45(4)73-61-30-18-12-24-51(61)53-36-43(2)38-59(63(53)71-41-69-34-32-67-6)65-56-27-15-9-21-48(56)49-22-10-16-28-57(49)65/h7-30,35-38,44-45H,31-34,39-41H2,1-6H3/t44-,45-/m0/s1. The van der Waals surface area contributed by atoms with Crippen LogP contribution in [0.15, 0.2) is 170 Å². The van der Waals surface area contributed by atoms with Crippen LogP contribution in [0.2, 0.25) is 0 Å². The maximum atomic E-state index is 6.95. The van der Waals surface area contributed by atoms with Gasteiger partial charge in [0, 0.05) is 64.4 Å². The Labute approximate surface area is 427 Å². The van der Waals surface area contributed by atoms with E-state index in [1.165, 1.54) is 21.5 Å². The third-order valence-electron chi connectivity index (χ3n) is 13.2. The van der Waals surface area contributed by atoms with Gasteiger partial charge < -0.3 is 47.0 Å². The fourth-order valence-corrected chi connectivity index (χ4v) is 10.1. The van der Waals surface area contributed by atoms with E-state index < -0.39 is 0 Å². The highest BCUT2D eigenvalue weighted by atomic mass is 16.7. The Morgan fingerprint density at radius 2 is 0.740 bits per heavy atom. The van der Waals surface area contributed by atoms with Crippen LogP contribution in [0.5, 0.6) is 23.0 Å². The molecule has 2 atom stereocenters. The van der Waals surface area contributed by atoms with Gasteiger partial charge in [0.05, 0.1) is 72.1 Å². The zero-order valence-electron chi connectivity index (χ0n) is 42.4. The second-order valence-electron chi connectivity index (χ2n) is 18.5. The topological polar surface area (TPSA) is 83.7 Å². The van der Waals surface area contributed by atoms with E-state index in [1.54, 1.807) is 14.2 Å². The molecule has 10 aromatic rings. The molecule has 0 radical (unpaired) electrons. The van der Waals surface area contributed by atoms with Crippen molar-refractivity contribution >= 4 is 43.6 Å². The molecule has 0 unspecified atom stereocenters. The molecular formula is C63H62N2O8. The molecule has 10 heteroatoms. The normalized spacial score (nSPS) is 12.5. The molecule has 2 heterocycles. The van der Waals surface area contributed by atoms with Crippen LogP contribution < -0.4 is 18.9 Å². The molecule has 10 nitrogen and oxygen atoms in total. The summed E-state index contributed by atoms with van der Waals surface area (Å²) >= 11 is 0. The summed E-state index contributed by atoms with van der Waals surface area (Å²) < 4.78 is 54.3. The molecule has 0 amide bonds. The molecule has 0 saturated heterocycles. The van der Waals surface area contributed by atoms with Crippen LogP contribution in [-0.4, -0.2) is 75.6 Å². The molecule has 0 aliphatic heterocycles. The van der Waals surface area contributed by atoms with Crippen LogP contribution in [0.4, 0.5) is 0 Å². The first-order valence-electron chi connectivity index (χ1n) is 25.0. The lowest BCUT2D eigenvalue weighted by Crippen LogP contribution is -2.23. The van der Waals surface area contributed by atoms with E-state index >= 15 is 0 Å². The van der Waals surface area contributed by atoms with E-state index in [9.17, 15) is 0 Å². The van der Waals surface area contributed by atoms with E-state index in [0.717, 1.165) is 78.3 Å². The number of fused-ring (bicyclic) bond motifs is 6. The largest absolute Gasteiger partial charge is 0.490 e. The fraction of sp³-hybridized carbons (Fsp3) is 0.238. The molecule has 0 aliphatic rings. The first-order valence-corrected chi connectivity index (χ1v) is 25.0. The molecular weight excluding hydrogens is 913 g/mol. The van der Waals surface area contributed by atoms with Crippen LogP contribution in [0, 0.1) is 13.8 Å². The van der Waals surface area contributed by atoms with Crippen molar-refractivity contribution in [1.82, 2.24) is 9.13 Å². The predicted octanol–water partition coefficient (Wildman–Crippen LogP) is 14.5. The molecule has 372 valence electrons. The lowest BCUT2D eigenvalue weighted by molar-refractivity contribution is -0.00830. The van der Waals surface area contributed by atoms with Crippen molar-refractivity contribution in [3.8, 4) is 56.6 Å². The summed E-state index contributed by atoms with van der Waals surface area (Å²) in [6.07, 6.45) is 0.114. The number of rotatable bonds is 22. The van der Waals surface area contributed by atoms with Gasteiger partial charge in [-0.05, 0) is 99.5 Å². The van der Waals surface area contributed by atoms with Crippen molar-refractivity contribution < 1.29 is 37.9 Å².